The predicted octanol–water partition coefficient (Wildman–Crippen LogP) is 3.63. The van der Waals surface area contributed by atoms with Crippen LogP contribution in [0.4, 0.5) is 5.88 Å². The zero-order valence-electron chi connectivity index (χ0n) is 14.1. The van der Waals surface area contributed by atoms with E-state index in [1.165, 1.54) is 56.9 Å². The van der Waals surface area contributed by atoms with Crippen molar-refractivity contribution < 1.29 is 14.1 Å². The fourth-order valence-electron chi connectivity index (χ4n) is 5.71. The highest BCUT2D eigenvalue weighted by atomic mass is 16.6. The molecule has 0 atom stereocenters. The Kier molecular flexibility index (Phi) is 4.09. The third kappa shape index (κ3) is 3.45. The van der Waals surface area contributed by atoms with Crippen molar-refractivity contribution in [3.05, 3.63) is 28.0 Å². The highest BCUT2D eigenvalue weighted by Crippen LogP contribution is 2.61. The maximum absolute atomic E-state index is 12.1. The summed E-state index contributed by atoms with van der Waals surface area (Å²) < 4.78 is 4.95. The van der Waals surface area contributed by atoms with E-state index < -0.39 is 4.92 Å². The molecule has 1 aromatic heterocycles. The number of carbonyl (C=O) groups excluding carboxylic acids is 1. The maximum Gasteiger partial charge on any atom is 0.433 e. The van der Waals surface area contributed by atoms with Crippen LogP contribution in [0, 0.1) is 33.3 Å². The average Bonchev–Trinajstić information content (AvgIpc) is 3.01. The van der Waals surface area contributed by atoms with E-state index in [2.05, 4.69) is 10.5 Å². The summed E-state index contributed by atoms with van der Waals surface area (Å²) >= 11 is 0. The van der Waals surface area contributed by atoms with E-state index in [4.69, 9.17) is 4.42 Å². The van der Waals surface area contributed by atoms with Gasteiger partial charge >= 0.3 is 5.88 Å². The fourth-order valence-corrected chi connectivity index (χ4v) is 5.71. The molecule has 4 aliphatic carbocycles. The molecule has 0 aliphatic heterocycles. The summed E-state index contributed by atoms with van der Waals surface area (Å²) in [6.07, 6.45) is 10.8. The number of nitrogens with one attached hydrogen (secondary N) is 1. The minimum absolute atomic E-state index is 0.104. The second-order valence-electron chi connectivity index (χ2n) is 8.14. The first-order valence-corrected chi connectivity index (χ1v) is 9.07. The number of carbonyl (C=O) groups is 1. The lowest BCUT2D eigenvalue weighted by molar-refractivity contribution is -0.402. The van der Waals surface area contributed by atoms with Gasteiger partial charge < -0.3 is 4.42 Å². The lowest BCUT2D eigenvalue weighted by Gasteiger charge is -2.57. The van der Waals surface area contributed by atoms with E-state index in [1.807, 2.05) is 0 Å². The van der Waals surface area contributed by atoms with Gasteiger partial charge in [-0.1, -0.05) is 0 Å². The molecule has 1 heterocycles. The molecular formula is C18H23N3O4. The molecule has 134 valence electrons. The lowest BCUT2D eigenvalue weighted by atomic mass is 9.48. The minimum Gasteiger partial charge on any atom is -0.400 e. The van der Waals surface area contributed by atoms with Gasteiger partial charge in [-0.05, 0) is 74.2 Å². The molecule has 4 fully saturated rings. The first kappa shape index (κ1) is 16.3. The Morgan fingerprint density at radius 2 is 1.92 bits per heavy atom. The van der Waals surface area contributed by atoms with Crippen LogP contribution in [-0.4, -0.2) is 17.0 Å². The Hall–Kier alpha value is -2.18. The van der Waals surface area contributed by atoms with Crippen LogP contribution in [0.3, 0.4) is 0 Å². The van der Waals surface area contributed by atoms with Crippen molar-refractivity contribution in [2.24, 2.45) is 28.3 Å². The van der Waals surface area contributed by atoms with Gasteiger partial charge in [0.25, 0.3) is 0 Å². The van der Waals surface area contributed by atoms with Gasteiger partial charge in [-0.3, -0.25) is 14.9 Å². The molecule has 0 spiro atoms. The monoisotopic (exact) mass is 345 g/mol. The van der Waals surface area contributed by atoms with Crippen LogP contribution in [0.1, 0.15) is 57.1 Å². The average molecular weight is 345 g/mol. The maximum atomic E-state index is 12.1. The molecule has 0 radical (unpaired) electrons. The molecule has 4 saturated carbocycles. The SMILES string of the molecule is O=C(CCC12CC3CC(CC(C3)C1)C2)N/N=C/c1ccc([N+](=O)[O-])o1. The molecule has 1 aromatic rings. The third-order valence-corrected chi connectivity index (χ3v) is 6.22. The number of hydrazone groups is 1. The van der Waals surface area contributed by atoms with E-state index in [9.17, 15) is 14.9 Å². The molecule has 25 heavy (non-hydrogen) atoms. The molecule has 4 bridgehead atoms. The normalized spacial score (nSPS) is 33.0. The summed E-state index contributed by atoms with van der Waals surface area (Å²) in [5.74, 6) is 2.47. The van der Waals surface area contributed by atoms with Gasteiger partial charge in [0.1, 0.15) is 4.92 Å². The smallest absolute Gasteiger partial charge is 0.400 e. The van der Waals surface area contributed by atoms with Crippen molar-refractivity contribution >= 4 is 18.0 Å². The van der Waals surface area contributed by atoms with Crippen LogP contribution in [-0.2, 0) is 4.79 Å². The molecule has 7 nitrogen and oxygen atoms in total. The Morgan fingerprint density at radius 3 is 2.48 bits per heavy atom. The Balaban J connectivity index is 1.26. The van der Waals surface area contributed by atoms with Crippen LogP contribution < -0.4 is 5.43 Å². The number of nitrogens with zero attached hydrogens (tertiary/aromatic N) is 2. The summed E-state index contributed by atoms with van der Waals surface area (Å²) in [5, 5.41) is 14.4. The quantitative estimate of drug-likeness (QED) is 0.483. The van der Waals surface area contributed by atoms with Gasteiger partial charge in [-0.15, -0.1) is 0 Å². The second-order valence-corrected chi connectivity index (χ2v) is 8.14. The Bertz CT molecular complexity index is 674. The van der Waals surface area contributed by atoms with Crippen LogP contribution in [0.25, 0.3) is 0 Å². The number of hydrogen-bond acceptors (Lipinski definition) is 5. The van der Waals surface area contributed by atoms with E-state index in [-0.39, 0.29) is 17.6 Å². The van der Waals surface area contributed by atoms with Crippen molar-refractivity contribution in [1.82, 2.24) is 5.43 Å². The first-order chi connectivity index (χ1) is 12.0. The number of rotatable bonds is 6. The lowest BCUT2D eigenvalue weighted by Crippen LogP contribution is -2.46. The predicted molar refractivity (Wildman–Crippen MR) is 90.9 cm³/mol. The molecule has 1 N–H and O–H groups in total. The van der Waals surface area contributed by atoms with E-state index in [1.54, 1.807) is 0 Å². The minimum atomic E-state index is -0.610. The van der Waals surface area contributed by atoms with Crippen molar-refractivity contribution in [3.8, 4) is 0 Å². The van der Waals surface area contributed by atoms with E-state index in [0.29, 0.717) is 11.8 Å². The molecule has 4 aliphatic rings. The van der Waals surface area contributed by atoms with Crippen molar-refractivity contribution in [3.63, 3.8) is 0 Å². The highest BCUT2D eigenvalue weighted by molar-refractivity contribution is 5.80. The van der Waals surface area contributed by atoms with Crippen molar-refractivity contribution in [2.75, 3.05) is 0 Å². The first-order valence-electron chi connectivity index (χ1n) is 9.07. The van der Waals surface area contributed by atoms with Crippen LogP contribution >= 0.6 is 0 Å². The summed E-state index contributed by atoms with van der Waals surface area (Å²) in [5.41, 5.74) is 2.89. The van der Waals surface area contributed by atoms with Crippen LogP contribution in [0.5, 0.6) is 0 Å². The highest BCUT2D eigenvalue weighted by Gasteiger charge is 2.50. The molecule has 5 rings (SSSR count). The number of hydrogen-bond donors (Lipinski definition) is 1. The van der Waals surface area contributed by atoms with Gasteiger partial charge in [-0.25, -0.2) is 5.43 Å². The van der Waals surface area contributed by atoms with Crippen LogP contribution in [0.15, 0.2) is 21.7 Å². The van der Waals surface area contributed by atoms with Gasteiger partial charge in [-0.2, -0.15) is 5.10 Å². The molecular weight excluding hydrogens is 322 g/mol. The molecule has 0 aromatic carbocycles. The van der Waals surface area contributed by atoms with Gasteiger partial charge in [0.15, 0.2) is 5.76 Å². The summed E-state index contributed by atoms with van der Waals surface area (Å²) in [6, 6.07) is 2.71. The summed E-state index contributed by atoms with van der Waals surface area (Å²) in [7, 11) is 0. The Labute approximate surface area is 146 Å². The number of furan rings is 1. The molecule has 0 saturated heterocycles. The zero-order valence-corrected chi connectivity index (χ0v) is 14.1. The standard InChI is InChI=1S/C18H23N3O4/c22-16(20-19-11-15-1-2-17(25-15)21(23)24)3-4-18-8-12-5-13(9-18)7-14(6-12)10-18/h1-2,11-14H,3-10H2,(H,20,22)/b19-11+. The second kappa shape index (κ2) is 6.28. The number of nitro groups is 1. The number of amides is 1. The zero-order chi connectivity index (χ0) is 17.4. The van der Waals surface area contributed by atoms with Gasteiger partial charge in [0.05, 0.1) is 12.3 Å². The molecule has 0 unspecified atom stereocenters. The summed E-state index contributed by atoms with van der Waals surface area (Å²) in [6.45, 7) is 0. The van der Waals surface area contributed by atoms with Gasteiger partial charge in [0.2, 0.25) is 5.91 Å². The molecule has 1 amide bonds. The van der Waals surface area contributed by atoms with E-state index in [0.717, 1.165) is 24.2 Å². The molecule has 7 heteroatoms. The fraction of sp³-hybridized carbons (Fsp3) is 0.667. The van der Waals surface area contributed by atoms with E-state index >= 15 is 0 Å². The van der Waals surface area contributed by atoms with Gasteiger partial charge in [0, 0.05) is 6.42 Å². The third-order valence-electron chi connectivity index (χ3n) is 6.22. The topological polar surface area (TPSA) is 97.7 Å². The van der Waals surface area contributed by atoms with Crippen LogP contribution in [0.2, 0.25) is 0 Å². The Morgan fingerprint density at radius 1 is 1.28 bits per heavy atom. The van der Waals surface area contributed by atoms with Crippen molar-refractivity contribution in [2.45, 2.75) is 51.4 Å². The largest absolute Gasteiger partial charge is 0.433 e. The van der Waals surface area contributed by atoms with Crippen molar-refractivity contribution in [1.29, 1.82) is 0 Å². The summed E-state index contributed by atoms with van der Waals surface area (Å²) in [4.78, 5) is 22.0.